The molecule has 1 atom stereocenters. The van der Waals surface area contributed by atoms with Crippen LogP contribution in [-0.4, -0.2) is 72.0 Å². The summed E-state index contributed by atoms with van der Waals surface area (Å²) in [5, 5.41) is 7.77. The Labute approximate surface area is 145 Å². The fraction of sp³-hybridized carbons (Fsp3) is 0.882. The standard InChI is InChI=1S/C17H30N4OS/c22-16(15-7-4-8-18-15)13-20-9-11-21(12-10-20)17(23)19-14-5-2-1-3-6-14/h14-15,18H,1-13H2,(H,19,23). The molecule has 1 saturated carbocycles. The Bertz CT molecular complexity index is 411. The number of nitrogens with one attached hydrogen (secondary N) is 2. The van der Waals surface area contributed by atoms with E-state index >= 15 is 0 Å². The van der Waals surface area contributed by atoms with Crippen molar-refractivity contribution in [2.75, 3.05) is 39.3 Å². The Morgan fingerprint density at radius 1 is 1.04 bits per heavy atom. The highest BCUT2D eigenvalue weighted by Gasteiger charge is 2.26. The van der Waals surface area contributed by atoms with Crippen molar-refractivity contribution < 1.29 is 4.79 Å². The minimum Gasteiger partial charge on any atom is -0.360 e. The van der Waals surface area contributed by atoms with Crippen LogP contribution in [0.2, 0.25) is 0 Å². The predicted molar refractivity (Wildman–Crippen MR) is 96.7 cm³/mol. The first-order valence-electron chi connectivity index (χ1n) is 9.26. The molecule has 0 spiro atoms. The lowest BCUT2D eigenvalue weighted by atomic mass is 9.96. The summed E-state index contributed by atoms with van der Waals surface area (Å²) in [5.41, 5.74) is 0. The van der Waals surface area contributed by atoms with Crippen molar-refractivity contribution in [1.82, 2.24) is 20.4 Å². The van der Waals surface area contributed by atoms with Gasteiger partial charge in [-0.2, -0.15) is 0 Å². The molecule has 3 aliphatic rings. The molecule has 0 aromatic carbocycles. The van der Waals surface area contributed by atoms with Gasteiger partial charge in [0.2, 0.25) is 0 Å². The van der Waals surface area contributed by atoms with Gasteiger partial charge in [-0.3, -0.25) is 9.69 Å². The number of hydrogen-bond donors (Lipinski definition) is 2. The molecule has 130 valence electrons. The molecule has 1 aliphatic carbocycles. The van der Waals surface area contributed by atoms with E-state index in [1.165, 1.54) is 32.1 Å². The minimum absolute atomic E-state index is 0.0991. The van der Waals surface area contributed by atoms with Crippen LogP contribution >= 0.6 is 12.2 Å². The second-order valence-corrected chi connectivity index (χ2v) is 7.55. The van der Waals surface area contributed by atoms with Gasteiger partial charge < -0.3 is 15.5 Å². The highest BCUT2D eigenvalue weighted by atomic mass is 32.1. The number of rotatable bonds is 4. The van der Waals surface area contributed by atoms with Crippen LogP contribution < -0.4 is 10.6 Å². The first kappa shape index (κ1) is 17.1. The maximum atomic E-state index is 12.2. The maximum absolute atomic E-state index is 12.2. The van der Waals surface area contributed by atoms with Crippen LogP contribution in [0, 0.1) is 0 Å². The van der Waals surface area contributed by atoms with Gasteiger partial charge in [0.25, 0.3) is 0 Å². The second kappa shape index (κ2) is 8.40. The third kappa shape index (κ3) is 4.88. The van der Waals surface area contributed by atoms with Gasteiger partial charge in [-0.25, -0.2) is 0 Å². The average Bonchev–Trinajstić information content (AvgIpc) is 3.11. The van der Waals surface area contributed by atoms with E-state index in [0.717, 1.165) is 50.7 Å². The largest absolute Gasteiger partial charge is 0.360 e. The van der Waals surface area contributed by atoms with Gasteiger partial charge in [-0.1, -0.05) is 19.3 Å². The van der Waals surface area contributed by atoms with Crippen molar-refractivity contribution in [2.24, 2.45) is 0 Å². The van der Waals surface area contributed by atoms with Crippen molar-refractivity contribution >= 4 is 23.1 Å². The number of Topliss-reactive ketones (excluding diaryl/α,β-unsaturated/α-hetero) is 1. The Hall–Kier alpha value is -0.720. The van der Waals surface area contributed by atoms with Crippen LogP contribution in [0.3, 0.4) is 0 Å². The van der Waals surface area contributed by atoms with Gasteiger partial charge in [-0.15, -0.1) is 0 Å². The molecule has 5 nitrogen and oxygen atoms in total. The summed E-state index contributed by atoms with van der Waals surface area (Å²) in [6, 6.07) is 0.673. The minimum atomic E-state index is 0.0991. The Morgan fingerprint density at radius 3 is 2.43 bits per heavy atom. The van der Waals surface area contributed by atoms with Gasteiger partial charge in [-0.05, 0) is 44.4 Å². The van der Waals surface area contributed by atoms with Gasteiger partial charge in [0.1, 0.15) is 0 Å². The molecular weight excluding hydrogens is 308 g/mol. The van der Waals surface area contributed by atoms with E-state index in [2.05, 4.69) is 20.4 Å². The zero-order chi connectivity index (χ0) is 16.1. The fourth-order valence-corrected chi connectivity index (χ4v) is 4.26. The first-order valence-corrected chi connectivity index (χ1v) is 9.67. The summed E-state index contributed by atoms with van der Waals surface area (Å²) >= 11 is 5.59. The number of carbonyl (C=O) groups excluding carboxylic acids is 1. The van der Waals surface area contributed by atoms with Crippen molar-refractivity contribution in [3.63, 3.8) is 0 Å². The van der Waals surface area contributed by atoms with E-state index in [-0.39, 0.29) is 6.04 Å². The van der Waals surface area contributed by atoms with Crippen molar-refractivity contribution in [3.05, 3.63) is 0 Å². The molecule has 2 aliphatic heterocycles. The lowest BCUT2D eigenvalue weighted by molar-refractivity contribution is -0.122. The highest BCUT2D eigenvalue weighted by Crippen LogP contribution is 2.18. The summed E-state index contributed by atoms with van der Waals surface area (Å²) in [6.07, 6.45) is 8.66. The quantitative estimate of drug-likeness (QED) is 0.750. The van der Waals surface area contributed by atoms with Crippen molar-refractivity contribution in [2.45, 2.75) is 57.0 Å². The molecule has 1 unspecified atom stereocenters. The number of ketones is 1. The zero-order valence-electron chi connectivity index (χ0n) is 14.1. The number of nitrogens with zero attached hydrogens (tertiary/aromatic N) is 2. The van der Waals surface area contributed by atoms with Gasteiger partial charge >= 0.3 is 0 Å². The van der Waals surface area contributed by atoms with E-state index in [0.29, 0.717) is 18.4 Å². The van der Waals surface area contributed by atoms with Crippen LogP contribution in [0.25, 0.3) is 0 Å². The fourth-order valence-electron chi connectivity index (χ4n) is 3.91. The van der Waals surface area contributed by atoms with Crippen molar-refractivity contribution in [1.29, 1.82) is 0 Å². The Morgan fingerprint density at radius 2 is 1.78 bits per heavy atom. The summed E-state index contributed by atoms with van der Waals surface area (Å²) in [6.45, 7) is 5.32. The number of carbonyl (C=O) groups is 1. The summed E-state index contributed by atoms with van der Waals surface area (Å²) < 4.78 is 0. The molecule has 3 rings (SSSR count). The maximum Gasteiger partial charge on any atom is 0.169 e. The average molecular weight is 339 g/mol. The number of piperazine rings is 1. The summed E-state index contributed by atoms with van der Waals surface area (Å²) in [5.74, 6) is 0.360. The van der Waals surface area contributed by atoms with E-state index in [9.17, 15) is 4.79 Å². The molecule has 23 heavy (non-hydrogen) atoms. The number of thiocarbonyl (C=S) groups is 1. The smallest absolute Gasteiger partial charge is 0.169 e. The van der Waals surface area contributed by atoms with E-state index in [4.69, 9.17) is 12.2 Å². The molecule has 0 aromatic rings. The zero-order valence-corrected chi connectivity index (χ0v) is 14.9. The first-order chi connectivity index (χ1) is 11.2. The molecular formula is C17H30N4OS. The third-order valence-electron chi connectivity index (χ3n) is 5.42. The van der Waals surface area contributed by atoms with Crippen LogP contribution in [0.1, 0.15) is 44.9 Å². The molecule has 3 fully saturated rings. The molecule has 0 aromatic heterocycles. The van der Waals surface area contributed by atoms with Crippen LogP contribution in [-0.2, 0) is 4.79 Å². The van der Waals surface area contributed by atoms with Gasteiger partial charge in [0.15, 0.2) is 10.9 Å². The lowest BCUT2D eigenvalue weighted by Crippen LogP contribution is -2.54. The highest BCUT2D eigenvalue weighted by molar-refractivity contribution is 7.80. The van der Waals surface area contributed by atoms with Crippen LogP contribution in [0.15, 0.2) is 0 Å². The van der Waals surface area contributed by atoms with Crippen LogP contribution in [0.4, 0.5) is 0 Å². The molecule has 6 heteroatoms. The lowest BCUT2D eigenvalue weighted by Gasteiger charge is -2.37. The third-order valence-corrected chi connectivity index (χ3v) is 5.80. The normalized spacial score (nSPS) is 27.1. The molecule has 2 N–H and O–H groups in total. The number of hydrogen-bond acceptors (Lipinski definition) is 4. The predicted octanol–water partition coefficient (Wildman–Crippen LogP) is 1.13. The molecule has 2 saturated heterocycles. The second-order valence-electron chi connectivity index (χ2n) is 7.16. The van der Waals surface area contributed by atoms with Gasteiger partial charge in [0, 0.05) is 32.2 Å². The van der Waals surface area contributed by atoms with Gasteiger partial charge in [0.05, 0.1) is 12.6 Å². The Balaban J connectivity index is 1.37. The van der Waals surface area contributed by atoms with E-state index in [1.54, 1.807) is 0 Å². The molecule has 0 radical (unpaired) electrons. The monoisotopic (exact) mass is 338 g/mol. The SMILES string of the molecule is O=C(CN1CCN(C(=S)NC2CCCCC2)CC1)C1CCCN1. The summed E-state index contributed by atoms with van der Waals surface area (Å²) in [7, 11) is 0. The summed E-state index contributed by atoms with van der Waals surface area (Å²) in [4.78, 5) is 16.8. The van der Waals surface area contributed by atoms with Crippen molar-refractivity contribution in [3.8, 4) is 0 Å². The molecule has 0 bridgehead atoms. The van der Waals surface area contributed by atoms with Crippen LogP contribution in [0.5, 0.6) is 0 Å². The van der Waals surface area contributed by atoms with E-state index in [1.807, 2.05) is 0 Å². The topological polar surface area (TPSA) is 47.6 Å². The molecule has 0 amide bonds. The Kier molecular flexibility index (Phi) is 6.25. The molecule has 2 heterocycles. The van der Waals surface area contributed by atoms with E-state index < -0.39 is 0 Å².